The van der Waals surface area contributed by atoms with Crippen molar-refractivity contribution < 1.29 is 14.2 Å². The number of hydrogen-bond acceptors (Lipinski definition) is 5. The van der Waals surface area contributed by atoms with Crippen molar-refractivity contribution in [1.29, 1.82) is 0 Å². The zero-order valence-electron chi connectivity index (χ0n) is 18.4. The highest BCUT2D eigenvalue weighted by Crippen LogP contribution is 2.34. The summed E-state index contributed by atoms with van der Waals surface area (Å²) in [6.07, 6.45) is 1.86. The molecule has 1 aliphatic rings. The van der Waals surface area contributed by atoms with Crippen LogP contribution in [0.2, 0.25) is 0 Å². The van der Waals surface area contributed by atoms with Crippen molar-refractivity contribution in [2.45, 2.75) is 13.5 Å². The molecule has 0 aliphatic carbocycles. The van der Waals surface area contributed by atoms with Crippen LogP contribution in [0.15, 0.2) is 65.7 Å². The van der Waals surface area contributed by atoms with Gasteiger partial charge in [0.2, 0.25) is 0 Å². The third-order valence-electron chi connectivity index (χ3n) is 5.31. The summed E-state index contributed by atoms with van der Waals surface area (Å²) < 4.78 is 18.1. The molecule has 0 unspecified atom stereocenters. The average molecular weight is 542 g/mol. The first kappa shape index (κ1) is 22.6. The first-order chi connectivity index (χ1) is 15.6. The maximum absolute atomic E-state index is 6.10. The van der Waals surface area contributed by atoms with Gasteiger partial charge in [0.15, 0.2) is 11.5 Å². The van der Waals surface area contributed by atoms with Crippen LogP contribution in [0, 0.1) is 10.5 Å². The molecule has 32 heavy (non-hydrogen) atoms. The monoisotopic (exact) mass is 542 g/mol. The molecule has 0 aromatic heterocycles. The minimum Gasteiger partial charge on any atom is -0.493 e. The van der Waals surface area contributed by atoms with Crippen molar-refractivity contribution in [2.24, 2.45) is 4.99 Å². The van der Waals surface area contributed by atoms with Gasteiger partial charge >= 0.3 is 0 Å². The summed E-state index contributed by atoms with van der Waals surface area (Å²) in [6.45, 7) is 6.00. The normalized spacial score (nSPS) is 14.0. The van der Waals surface area contributed by atoms with E-state index in [2.05, 4.69) is 75.8 Å². The van der Waals surface area contributed by atoms with Gasteiger partial charge in [-0.15, -0.1) is 0 Å². The fourth-order valence-corrected chi connectivity index (χ4v) is 4.41. The Balaban J connectivity index is 1.45. The van der Waals surface area contributed by atoms with E-state index in [1.54, 1.807) is 7.11 Å². The average Bonchev–Trinajstić information content (AvgIpc) is 2.82. The number of morpholine rings is 1. The molecule has 5 nitrogen and oxygen atoms in total. The van der Waals surface area contributed by atoms with Crippen LogP contribution in [0.4, 0.5) is 11.4 Å². The summed E-state index contributed by atoms with van der Waals surface area (Å²) in [6, 6.07) is 20.7. The summed E-state index contributed by atoms with van der Waals surface area (Å²) in [5, 5.41) is 0. The molecule has 4 rings (SSSR count). The van der Waals surface area contributed by atoms with Crippen LogP contribution in [0.1, 0.15) is 16.7 Å². The molecule has 1 fully saturated rings. The van der Waals surface area contributed by atoms with Gasteiger partial charge in [-0.1, -0.05) is 29.8 Å². The Morgan fingerprint density at radius 3 is 2.56 bits per heavy atom. The summed E-state index contributed by atoms with van der Waals surface area (Å²) in [7, 11) is 1.66. The molecule has 0 bridgehead atoms. The number of aliphatic imine (C=N–C) groups is 1. The number of hydrogen-bond donors (Lipinski definition) is 0. The van der Waals surface area contributed by atoms with Gasteiger partial charge in [-0.05, 0) is 77.0 Å². The van der Waals surface area contributed by atoms with E-state index >= 15 is 0 Å². The first-order valence-electron chi connectivity index (χ1n) is 10.6. The molecule has 0 N–H and O–H groups in total. The zero-order chi connectivity index (χ0) is 22.3. The van der Waals surface area contributed by atoms with Crippen LogP contribution < -0.4 is 14.4 Å². The minimum atomic E-state index is 0.497. The van der Waals surface area contributed by atoms with Gasteiger partial charge in [0, 0.05) is 25.0 Å². The molecule has 1 heterocycles. The lowest BCUT2D eigenvalue weighted by molar-refractivity contribution is 0.122. The highest BCUT2D eigenvalue weighted by molar-refractivity contribution is 14.1. The van der Waals surface area contributed by atoms with Crippen LogP contribution in [0.5, 0.6) is 11.5 Å². The fourth-order valence-electron chi connectivity index (χ4n) is 3.63. The van der Waals surface area contributed by atoms with E-state index in [0.29, 0.717) is 12.4 Å². The summed E-state index contributed by atoms with van der Waals surface area (Å²) in [5.74, 6) is 1.45. The molecule has 1 saturated heterocycles. The second kappa shape index (κ2) is 10.8. The number of ether oxygens (including phenoxy) is 3. The van der Waals surface area contributed by atoms with Gasteiger partial charge in [-0.25, -0.2) is 0 Å². The van der Waals surface area contributed by atoms with Crippen LogP contribution in [0.25, 0.3) is 0 Å². The number of halogens is 1. The van der Waals surface area contributed by atoms with Crippen molar-refractivity contribution in [1.82, 2.24) is 0 Å². The molecule has 0 radical (unpaired) electrons. The zero-order valence-corrected chi connectivity index (χ0v) is 20.5. The molecular formula is C26H27IN2O3. The highest BCUT2D eigenvalue weighted by Gasteiger charge is 2.12. The molecule has 0 saturated carbocycles. The van der Waals surface area contributed by atoms with Crippen LogP contribution in [0.3, 0.4) is 0 Å². The van der Waals surface area contributed by atoms with Gasteiger partial charge in [-0.2, -0.15) is 0 Å². The summed E-state index contributed by atoms with van der Waals surface area (Å²) in [5.41, 5.74) is 5.44. The van der Waals surface area contributed by atoms with Crippen molar-refractivity contribution in [2.75, 3.05) is 38.3 Å². The molecule has 1 aliphatic heterocycles. The minimum absolute atomic E-state index is 0.497. The molecule has 3 aromatic carbocycles. The Morgan fingerprint density at radius 1 is 1.06 bits per heavy atom. The standard InChI is InChI=1S/C26H27IN2O3/c1-19-4-3-5-20(14-19)18-32-26-24(27)15-21(16-25(26)30-2)17-28-22-6-8-23(9-7-22)29-10-12-31-13-11-29/h3-9,14-17H,10-13,18H2,1-2H3. The van der Waals surface area contributed by atoms with Gasteiger partial charge < -0.3 is 19.1 Å². The lowest BCUT2D eigenvalue weighted by Crippen LogP contribution is -2.36. The van der Waals surface area contributed by atoms with E-state index in [0.717, 1.165) is 52.4 Å². The first-order valence-corrected chi connectivity index (χ1v) is 11.7. The van der Waals surface area contributed by atoms with Crippen LogP contribution >= 0.6 is 22.6 Å². The van der Waals surface area contributed by atoms with Gasteiger partial charge in [0.05, 0.1) is 29.6 Å². The molecular weight excluding hydrogens is 515 g/mol. The summed E-state index contributed by atoms with van der Waals surface area (Å²) in [4.78, 5) is 6.98. The maximum Gasteiger partial charge on any atom is 0.174 e. The van der Waals surface area contributed by atoms with E-state index in [9.17, 15) is 0 Å². The Labute approximate surface area is 203 Å². The number of rotatable bonds is 7. The Hall–Kier alpha value is -2.58. The predicted molar refractivity (Wildman–Crippen MR) is 138 cm³/mol. The van der Waals surface area contributed by atoms with E-state index in [1.165, 1.54) is 11.3 Å². The third-order valence-corrected chi connectivity index (χ3v) is 6.11. The maximum atomic E-state index is 6.10. The molecule has 166 valence electrons. The Kier molecular flexibility index (Phi) is 7.65. The van der Waals surface area contributed by atoms with Crippen molar-refractivity contribution in [3.8, 4) is 11.5 Å². The largest absolute Gasteiger partial charge is 0.493 e. The van der Waals surface area contributed by atoms with Gasteiger partial charge in [0.25, 0.3) is 0 Å². The summed E-state index contributed by atoms with van der Waals surface area (Å²) >= 11 is 2.29. The lowest BCUT2D eigenvalue weighted by atomic mass is 10.1. The fraction of sp³-hybridized carbons (Fsp3) is 0.269. The predicted octanol–water partition coefficient (Wildman–Crippen LogP) is 5.77. The van der Waals surface area contributed by atoms with Crippen LogP contribution in [-0.4, -0.2) is 39.6 Å². The molecule has 6 heteroatoms. The molecule has 0 spiro atoms. The highest BCUT2D eigenvalue weighted by atomic mass is 127. The lowest BCUT2D eigenvalue weighted by Gasteiger charge is -2.28. The Bertz CT molecular complexity index is 1080. The third kappa shape index (κ3) is 5.81. The Morgan fingerprint density at radius 2 is 1.84 bits per heavy atom. The number of anilines is 1. The molecule has 0 amide bonds. The number of methoxy groups -OCH3 is 1. The smallest absolute Gasteiger partial charge is 0.174 e. The van der Waals surface area contributed by atoms with Gasteiger partial charge in [-0.3, -0.25) is 4.99 Å². The quantitative estimate of drug-likeness (QED) is 0.281. The van der Waals surface area contributed by atoms with Crippen molar-refractivity contribution >= 4 is 40.2 Å². The SMILES string of the molecule is COc1cc(C=Nc2ccc(N3CCOCC3)cc2)cc(I)c1OCc1cccc(C)c1. The van der Waals surface area contributed by atoms with Gasteiger partial charge in [0.1, 0.15) is 6.61 Å². The number of nitrogens with zero attached hydrogens (tertiary/aromatic N) is 2. The molecule has 0 atom stereocenters. The number of benzene rings is 3. The van der Waals surface area contributed by atoms with Crippen molar-refractivity contribution in [3.05, 3.63) is 80.9 Å². The van der Waals surface area contributed by atoms with Crippen LogP contribution in [-0.2, 0) is 11.3 Å². The topological polar surface area (TPSA) is 43.3 Å². The number of aryl methyl sites for hydroxylation is 1. The second-order valence-electron chi connectivity index (χ2n) is 7.69. The molecule has 3 aromatic rings. The van der Waals surface area contributed by atoms with E-state index in [1.807, 2.05) is 30.5 Å². The second-order valence-corrected chi connectivity index (χ2v) is 8.85. The van der Waals surface area contributed by atoms with E-state index in [-0.39, 0.29) is 0 Å². The van der Waals surface area contributed by atoms with Crippen molar-refractivity contribution in [3.63, 3.8) is 0 Å². The van der Waals surface area contributed by atoms with E-state index in [4.69, 9.17) is 14.2 Å². The van der Waals surface area contributed by atoms with E-state index < -0.39 is 0 Å².